The Hall–Kier alpha value is -3.01. The van der Waals surface area contributed by atoms with Gasteiger partial charge in [-0.05, 0) is 77.0 Å². The average Bonchev–Trinajstić information content (AvgIpc) is 3.17. The molecule has 0 bridgehead atoms. The Morgan fingerprint density at radius 3 is 1.49 bits per heavy atom. The number of allylic oxidation sites excluding steroid dienone is 10. The monoisotopic (exact) mass is 802 g/mol. The van der Waals surface area contributed by atoms with Crippen LogP contribution in [-0.2, 0) is 33.3 Å². The van der Waals surface area contributed by atoms with Crippen LogP contribution in [0.1, 0.15) is 168 Å². The molecule has 0 saturated heterocycles. The zero-order valence-corrected chi connectivity index (χ0v) is 36.9. The lowest BCUT2D eigenvalue weighted by Gasteiger charge is -2.26. The highest BCUT2D eigenvalue weighted by molar-refractivity contribution is 5.70. The number of nitrogens with zero attached hydrogens (tertiary/aromatic N) is 1. The summed E-state index contributed by atoms with van der Waals surface area (Å²) >= 11 is 0. The van der Waals surface area contributed by atoms with Crippen LogP contribution in [0.3, 0.4) is 0 Å². The van der Waals surface area contributed by atoms with Crippen LogP contribution in [0.4, 0.5) is 0 Å². The first-order chi connectivity index (χ1) is 27.6. The van der Waals surface area contributed by atoms with Crippen molar-refractivity contribution in [3.8, 4) is 0 Å². The molecule has 0 aliphatic rings. The zero-order chi connectivity index (χ0) is 42.1. The van der Waals surface area contributed by atoms with Crippen LogP contribution in [0.15, 0.2) is 60.8 Å². The average molecular weight is 802 g/mol. The van der Waals surface area contributed by atoms with Crippen molar-refractivity contribution in [1.82, 2.24) is 0 Å². The number of rotatable bonds is 40. The summed E-state index contributed by atoms with van der Waals surface area (Å²) in [4.78, 5) is 37.0. The van der Waals surface area contributed by atoms with Gasteiger partial charge >= 0.3 is 11.9 Å². The van der Waals surface area contributed by atoms with Crippen molar-refractivity contribution in [1.29, 1.82) is 0 Å². The van der Waals surface area contributed by atoms with Crippen LogP contribution in [0.5, 0.6) is 0 Å². The molecule has 0 radical (unpaired) electrons. The summed E-state index contributed by atoms with van der Waals surface area (Å²) in [5, 5.41) is 11.7. The lowest BCUT2D eigenvalue weighted by Crippen LogP contribution is -2.44. The van der Waals surface area contributed by atoms with Crippen molar-refractivity contribution in [3.63, 3.8) is 0 Å². The molecule has 0 aromatic heterocycles. The number of quaternary nitrogens is 1. The highest BCUT2D eigenvalue weighted by atomic mass is 16.7. The molecule has 9 nitrogen and oxygen atoms in total. The number of aliphatic carboxylic acids is 1. The van der Waals surface area contributed by atoms with E-state index < -0.39 is 24.3 Å². The highest BCUT2D eigenvalue weighted by Gasteiger charge is 2.21. The number of hydrogen-bond acceptors (Lipinski definition) is 8. The third-order valence-corrected chi connectivity index (χ3v) is 9.25. The number of carbonyl (C=O) groups is 3. The van der Waals surface area contributed by atoms with E-state index >= 15 is 0 Å². The first kappa shape index (κ1) is 54.0. The molecule has 0 rings (SSSR count). The van der Waals surface area contributed by atoms with Crippen molar-refractivity contribution >= 4 is 17.9 Å². The summed E-state index contributed by atoms with van der Waals surface area (Å²) in [5.74, 6) is -2.32. The van der Waals surface area contributed by atoms with Gasteiger partial charge in [0, 0.05) is 12.8 Å². The van der Waals surface area contributed by atoms with E-state index in [1.54, 1.807) is 0 Å². The molecule has 0 fully saturated rings. The summed E-state index contributed by atoms with van der Waals surface area (Å²) in [6.07, 6.45) is 43.9. The van der Waals surface area contributed by atoms with E-state index in [0.717, 1.165) is 89.9 Å². The fourth-order valence-corrected chi connectivity index (χ4v) is 5.75. The van der Waals surface area contributed by atoms with Crippen molar-refractivity contribution in [2.75, 3.05) is 47.5 Å². The minimum absolute atomic E-state index is 0.141. The largest absolute Gasteiger partial charge is 0.545 e. The predicted octanol–water partition coefficient (Wildman–Crippen LogP) is 10.4. The van der Waals surface area contributed by atoms with Crippen LogP contribution in [0.2, 0.25) is 0 Å². The molecule has 2 atom stereocenters. The third kappa shape index (κ3) is 41.0. The van der Waals surface area contributed by atoms with Crippen LogP contribution in [0, 0.1) is 0 Å². The summed E-state index contributed by atoms with van der Waals surface area (Å²) in [6, 6.07) is 0. The van der Waals surface area contributed by atoms with Gasteiger partial charge < -0.3 is 33.3 Å². The Labute approximate surface area is 348 Å². The van der Waals surface area contributed by atoms with Gasteiger partial charge in [-0.2, -0.15) is 0 Å². The normalized spacial score (nSPS) is 13.5. The maximum absolute atomic E-state index is 12.7. The third-order valence-electron chi connectivity index (χ3n) is 9.25. The number of hydrogen-bond donors (Lipinski definition) is 0. The Balaban J connectivity index is 4.49. The molecule has 0 saturated carbocycles. The van der Waals surface area contributed by atoms with Crippen LogP contribution < -0.4 is 5.11 Å². The van der Waals surface area contributed by atoms with Crippen LogP contribution in [-0.4, -0.2) is 82.3 Å². The van der Waals surface area contributed by atoms with Gasteiger partial charge in [0.05, 0.1) is 40.3 Å². The van der Waals surface area contributed by atoms with Crippen LogP contribution >= 0.6 is 0 Å². The topological polar surface area (TPSA) is 111 Å². The molecule has 57 heavy (non-hydrogen) atoms. The predicted molar refractivity (Wildman–Crippen MR) is 232 cm³/mol. The molecule has 0 aromatic rings. The number of carboxylic acid groups (broad SMARTS) is 1. The van der Waals surface area contributed by atoms with E-state index in [9.17, 15) is 19.5 Å². The second-order valence-corrected chi connectivity index (χ2v) is 16.0. The molecule has 0 heterocycles. The Bertz CT molecular complexity index is 1120. The van der Waals surface area contributed by atoms with Crippen molar-refractivity contribution in [2.24, 2.45) is 0 Å². The molecule has 0 aromatic carbocycles. The summed E-state index contributed by atoms with van der Waals surface area (Å²) in [7, 11) is 5.89. The van der Waals surface area contributed by atoms with Gasteiger partial charge in [-0.3, -0.25) is 9.59 Å². The molecule has 0 spiro atoms. The van der Waals surface area contributed by atoms with Crippen molar-refractivity contribution in [3.05, 3.63) is 60.8 Å². The minimum Gasteiger partial charge on any atom is -0.545 e. The number of carbonyl (C=O) groups excluding carboxylic acids is 3. The maximum atomic E-state index is 12.7. The Morgan fingerprint density at radius 1 is 0.544 bits per heavy atom. The molecule has 0 aliphatic carbocycles. The van der Waals surface area contributed by atoms with E-state index in [-0.39, 0.29) is 38.6 Å². The van der Waals surface area contributed by atoms with Gasteiger partial charge in [-0.15, -0.1) is 0 Å². The fourth-order valence-electron chi connectivity index (χ4n) is 5.75. The Morgan fingerprint density at radius 2 is 1.00 bits per heavy atom. The van der Waals surface area contributed by atoms with Gasteiger partial charge in [0.1, 0.15) is 13.2 Å². The number of unbranched alkanes of at least 4 members (excludes halogenated alkanes) is 15. The van der Waals surface area contributed by atoms with Crippen molar-refractivity contribution in [2.45, 2.75) is 180 Å². The fraction of sp³-hybridized carbons (Fsp3) is 0.729. The highest BCUT2D eigenvalue weighted by Crippen LogP contribution is 2.13. The summed E-state index contributed by atoms with van der Waals surface area (Å²) in [6.45, 7) is 4.56. The van der Waals surface area contributed by atoms with Gasteiger partial charge in [-0.25, -0.2) is 0 Å². The second-order valence-electron chi connectivity index (χ2n) is 16.0. The minimum atomic E-state index is -1.63. The molecular formula is C48H83NO8. The van der Waals surface area contributed by atoms with E-state index in [0.29, 0.717) is 17.4 Å². The number of carboxylic acids is 1. The summed E-state index contributed by atoms with van der Waals surface area (Å²) < 4.78 is 22.5. The molecule has 9 heteroatoms. The Kier molecular flexibility index (Phi) is 37.7. The molecular weight excluding hydrogens is 719 g/mol. The van der Waals surface area contributed by atoms with E-state index in [2.05, 4.69) is 74.6 Å². The molecule has 0 aliphatic heterocycles. The molecule has 0 amide bonds. The quantitative estimate of drug-likeness (QED) is 0.0198. The molecule has 328 valence electrons. The van der Waals surface area contributed by atoms with E-state index in [1.807, 2.05) is 21.1 Å². The van der Waals surface area contributed by atoms with Crippen molar-refractivity contribution < 1.29 is 42.9 Å². The van der Waals surface area contributed by atoms with Gasteiger partial charge in [-0.1, -0.05) is 139 Å². The molecule has 0 N–H and O–H groups in total. The van der Waals surface area contributed by atoms with Gasteiger partial charge in [0.2, 0.25) is 0 Å². The van der Waals surface area contributed by atoms with Crippen LogP contribution in [0.25, 0.3) is 0 Å². The maximum Gasteiger partial charge on any atom is 0.306 e. The number of likely N-dealkylation sites (N-methyl/N-ethyl adjacent to an activating group) is 1. The summed E-state index contributed by atoms with van der Waals surface area (Å²) in [5.41, 5.74) is 0. The lowest BCUT2D eigenvalue weighted by atomic mass is 10.1. The zero-order valence-electron chi connectivity index (χ0n) is 36.9. The lowest BCUT2D eigenvalue weighted by molar-refractivity contribution is -0.870. The molecule has 2 unspecified atom stereocenters. The SMILES string of the molecule is CC/C=C\C/C=C\C/C=C\CCCCCCCCCC(=O)OC(COC(=O)CCCCCCC/C=C\C/C=C\CCCCC)COC(OCC[N+](C)(C)C)C(=O)[O-]. The number of ether oxygens (including phenoxy) is 4. The first-order valence-corrected chi connectivity index (χ1v) is 22.4. The van der Waals surface area contributed by atoms with Gasteiger partial charge in [0.15, 0.2) is 12.4 Å². The first-order valence-electron chi connectivity index (χ1n) is 22.4. The van der Waals surface area contributed by atoms with E-state index in [1.165, 1.54) is 44.9 Å². The number of esters is 2. The standard InChI is InChI=1S/C48H83NO8/c1-6-8-10-12-14-16-18-20-22-23-25-27-29-31-33-35-37-39-46(51)57-44(43-56-48(47(52)53)54-41-40-49(3,4)5)42-55-45(50)38-36-34-32-30-28-26-24-21-19-17-15-13-11-9-7-2/h8,10,14-17,20-22,24,44,48H,6-7,9,11-13,18-19,23,25-43H2,1-5H3/b10-8-,16-14-,17-15-,22-20-,24-21-. The van der Waals surface area contributed by atoms with Gasteiger partial charge in [0.25, 0.3) is 0 Å². The van der Waals surface area contributed by atoms with E-state index in [4.69, 9.17) is 18.9 Å². The smallest absolute Gasteiger partial charge is 0.306 e. The second kappa shape index (κ2) is 39.8.